The summed E-state index contributed by atoms with van der Waals surface area (Å²) >= 11 is 5.80. The van der Waals surface area contributed by atoms with Crippen LogP contribution >= 0.6 is 11.6 Å². The Kier molecular flexibility index (Phi) is 3.36. The van der Waals surface area contributed by atoms with E-state index in [1.165, 1.54) is 6.07 Å². The lowest BCUT2D eigenvalue weighted by Gasteiger charge is -2.19. The van der Waals surface area contributed by atoms with Crippen molar-refractivity contribution in [1.29, 1.82) is 0 Å². The second kappa shape index (κ2) is 4.33. The number of nitrogens with zero attached hydrogens (tertiary/aromatic N) is 1. The average molecular weight is 214 g/mol. The van der Waals surface area contributed by atoms with Crippen molar-refractivity contribution in [2.75, 3.05) is 18.5 Å². The number of aromatic carboxylic acids is 1. The number of hydrogen-bond donors (Lipinski definition) is 1. The number of anilines is 1. The summed E-state index contributed by atoms with van der Waals surface area (Å²) in [6.45, 7) is 2.69. The van der Waals surface area contributed by atoms with Crippen LogP contribution in [0.5, 0.6) is 0 Å². The molecule has 1 N–H and O–H groups in total. The van der Waals surface area contributed by atoms with E-state index in [1.54, 1.807) is 12.1 Å². The maximum atomic E-state index is 10.9. The van der Waals surface area contributed by atoms with Gasteiger partial charge in [-0.05, 0) is 25.1 Å². The van der Waals surface area contributed by atoms with E-state index in [-0.39, 0.29) is 5.56 Å². The third-order valence-corrected chi connectivity index (χ3v) is 2.31. The first-order valence-electron chi connectivity index (χ1n) is 4.30. The second-order valence-electron chi connectivity index (χ2n) is 2.98. The summed E-state index contributed by atoms with van der Waals surface area (Å²) in [5, 5.41) is 9.48. The van der Waals surface area contributed by atoms with Gasteiger partial charge in [-0.3, -0.25) is 0 Å². The molecule has 4 heteroatoms. The first-order valence-corrected chi connectivity index (χ1v) is 4.68. The number of carbonyl (C=O) groups is 1. The topological polar surface area (TPSA) is 40.5 Å². The zero-order valence-electron chi connectivity index (χ0n) is 8.12. The summed E-state index contributed by atoms with van der Waals surface area (Å²) < 4.78 is 0. The third-order valence-electron chi connectivity index (χ3n) is 2.08. The van der Waals surface area contributed by atoms with Crippen LogP contribution in [0.3, 0.4) is 0 Å². The molecule has 1 aromatic rings. The number of halogens is 1. The molecule has 76 valence electrons. The van der Waals surface area contributed by atoms with Crippen LogP contribution in [0, 0.1) is 0 Å². The van der Waals surface area contributed by atoms with E-state index in [1.807, 2.05) is 18.9 Å². The molecule has 0 fully saturated rings. The molecule has 0 saturated heterocycles. The fourth-order valence-electron chi connectivity index (χ4n) is 1.17. The normalized spacial score (nSPS) is 9.93. The van der Waals surface area contributed by atoms with Crippen molar-refractivity contribution in [1.82, 2.24) is 0 Å². The Morgan fingerprint density at radius 1 is 1.57 bits per heavy atom. The minimum absolute atomic E-state index is 0.277. The molecule has 1 rings (SSSR count). The molecule has 14 heavy (non-hydrogen) atoms. The fraction of sp³-hybridized carbons (Fsp3) is 0.300. The Labute approximate surface area is 87.9 Å². The van der Waals surface area contributed by atoms with Gasteiger partial charge in [-0.25, -0.2) is 4.79 Å². The van der Waals surface area contributed by atoms with Gasteiger partial charge in [0, 0.05) is 18.6 Å². The highest BCUT2D eigenvalue weighted by atomic mass is 35.5. The number of rotatable bonds is 3. The molecule has 0 aliphatic rings. The summed E-state index contributed by atoms with van der Waals surface area (Å²) in [7, 11) is 1.83. The van der Waals surface area contributed by atoms with Crippen LogP contribution in [-0.4, -0.2) is 24.7 Å². The van der Waals surface area contributed by atoms with Crippen LogP contribution in [0.15, 0.2) is 18.2 Å². The number of benzene rings is 1. The van der Waals surface area contributed by atoms with Crippen LogP contribution < -0.4 is 4.90 Å². The van der Waals surface area contributed by atoms with E-state index in [2.05, 4.69) is 0 Å². The molecule has 0 amide bonds. The lowest BCUT2D eigenvalue weighted by Crippen LogP contribution is -2.19. The van der Waals surface area contributed by atoms with Crippen LogP contribution in [0.2, 0.25) is 5.02 Å². The predicted molar refractivity (Wildman–Crippen MR) is 57.4 cm³/mol. The molecule has 0 aromatic heterocycles. The lowest BCUT2D eigenvalue weighted by atomic mass is 10.1. The van der Waals surface area contributed by atoms with Gasteiger partial charge in [0.05, 0.1) is 11.3 Å². The highest BCUT2D eigenvalue weighted by Crippen LogP contribution is 2.23. The average Bonchev–Trinajstić information content (AvgIpc) is 2.16. The van der Waals surface area contributed by atoms with Crippen LogP contribution in [-0.2, 0) is 0 Å². The van der Waals surface area contributed by atoms with Crippen molar-refractivity contribution in [3.05, 3.63) is 28.8 Å². The predicted octanol–water partition coefficient (Wildman–Crippen LogP) is 2.49. The molecule has 0 aliphatic heterocycles. The first-order chi connectivity index (χ1) is 6.56. The molecule has 0 aliphatic carbocycles. The lowest BCUT2D eigenvalue weighted by molar-refractivity contribution is 0.0697. The maximum absolute atomic E-state index is 10.9. The summed E-state index contributed by atoms with van der Waals surface area (Å²) in [5.41, 5.74) is 0.922. The molecule has 0 spiro atoms. The standard InChI is InChI=1S/C10H12ClNO2/c1-3-12(2)9-6-7(11)4-5-8(9)10(13)14/h4-6H,3H2,1-2H3,(H,13,14). The highest BCUT2D eigenvalue weighted by Gasteiger charge is 2.12. The largest absolute Gasteiger partial charge is 0.478 e. The van der Waals surface area contributed by atoms with Crippen molar-refractivity contribution < 1.29 is 9.90 Å². The van der Waals surface area contributed by atoms with E-state index in [9.17, 15) is 4.79 Å². The van der Waals surface area contributed by atoms with Gasteiger partial charge in [-0.1, -0.05) is 11.6 Å². The molecule has 1 aromatic carbocycles. The molecule has 0 radical (unpaired) electrons. The summed E-state index contributed by atoms with van der Waals surface area (Å²) in [5.74, 6) is -0.933. The minimum Gasteiger partial charge on any atom is -0.478 e. The van der Waals surface area contributed by atoms with Crippen LogP contribution in [0.25, 0.3) is 0 Å². The maximum Gasteiger partial charge on any atom is 0.337 e. The monoisotopic (exact) mass is 213 g/mol. The Hall–Kier alpha value is -1.22. The van der Waals surface area contributed by atoms with E-state index in [0.29, 0.717) is 10.7 Å². The van der Waals surface area contributed by atoms with E-state index >= 15 is 0 Å². The van der Waals surface area contributed by atoms with Gasteiger partial charge >= 0.3 is 5.97 Å². The molecule has 3 nitrogen and oxygen atoms in total. The first kappa shape index (κ1) is 10.9. The fourth-order valence-corrected chi connectivity index (χ4v) is 1.34. The molecule has 0 bridgehead atoms. The van der Waals surface area contributed by atoms with Crippen molar-refractivity contribution in [3.63, 3.8) is 0 Å². The molecular formula is C10H12ClNO2. The number of carboxylic acids is 1. The van der Waals surface area contributed by atoms with E-state index < -0.39 is 5.97 Å². The summed E-state index contributed by atoms with van der Waals surface area (Å²) in [6.07, 6.45) is 0. The zero-order chi connectivity index (χ0) is 10.7. The molecular weight excluding hydrogens is 202 g/mol. The Morgan fingerprint density at radius 3 is 2.71 bits per heavy atom. The molecule has 0 saturated carbocycles. The van der Waals surface area contributed by atoms with Crippen LogP contribution in [0.1, 0.15) is 17.3 Å². The number of carboxylic acid groups (broad SMARTS) is 1. The Balaban J connectivity index is 3.22. The smallest absolute Gasteiger partial charge is 0.337 e. The quantitative estimate of drug-likeness (QED) is 0.839. The van der Waals surface area contributed by atoms with Crippen LogP contribution in [0.4, 0.5) is 5.69 Å². The Bertz CT molecular complexity index is 352. The minimum atomic E-state index is -0.933. The van der Waals surface area contributed by atoms with Crippen molar-refractivity contribution in [3.8, 4) is 0 Å². The van der Waals surface area contributed by atoms with Gasteiger partial charge in [0.25, 0.3) is 0 Å². The molecule has 0 unspecified atom stereocenters. The highest BCUT2D eigenvalue weighted by molar-refractivity contribution is 6.31. The van der Waals surface area contributed by atoms with E-state index in [0.717, 1.165) is 6.54 Å². The SMILES string of the molecule is CCN(C)c1cc(Cl)ccc1C(=O)O. The van der Waals surface area contributed by atoms with E-state index in [4.69, 9.17) is 16.7 Å². The van der Waals surface area contributed by atoms with Gasteiger partial charge in [0.15, 0.2) is 0 Å². The Morgan fingerprint density at radius 2 is 2.21 bits per heavy atom. The van der Waals surface area contributed by atoms with Crippen molar-refractivity contribution >= 4 is 23.3 Å². The van der Waals surface area contributed by atoms with Gasteiger partial charge < -0.3 is 10.0 Å². The van der Waals surface area contributed by atoms with Crippen molar-refractivity contribution in [2.24, 2.45) is 0 Å². The third kappa shape index (κ3) is 2.17. The van der Waals surface area contributed by atoms with Gasteiger partial charge in [0.1, 0.15) is 0 Å². The van der Waals surface area contributed by atoms with Gasteiger partial charge in [0.2, 0.25) is 0 Å². The van der Waals surface area contributed by atoms with Crippen molar-refractivity contribution in [2.45, 2.75) is 6.92 Å². The molecule has 0 heterocycles. The second-order valence-corrected chi connectivity index (χ2v) is 3.42. The molecule has 0 atom stereocenters. The van der Waals surface area contributed by atoms with Gasteiger partial charge in [-0.2, -0.15) is 0 Å². The zero-order valence-corrected chi connectivity index (χ0v) is 8.88. The summed E-state index contributed by atoms with van der Waals surface area (Å²) in [4.78, 5) is 12.7. The van der Waals surface area contributed by atoms with Gasteiger partial charge in [-0.15, -0.1) is 0 Å². The number of hydrogen-bond acceptors (Lipinski definition) is 2. The summed E-state index contributed by atoms with van der Waals surface area (Å²) in [6, 6.07) is 4.76.